The van der Waals surface area contributed by atoms with E-state index in [2.05, 4.69) is 15.6 Å². The first-order chi connectivity index (χ1) is 12.8. The van der Waals surface area contributed by atoms with Crippen molar-refractivity contribution < 1.29 is 18.0 Å². The van der Waals surface area contributed by atoms with Crippen molar-refractivity contribution in [1.82, 2.24) is 4.98 Å². The average Bonchev–Trinajstić information content (AvgIpc) is 2.62. The van der Waals surface area contributed by atoms with Crippen molar-refractivity contribution in [3.63, 3.8) is 0 Å². The lowest BCUT2D eigenvalue weighted by Gasteiger charge is -2.44. The second kappa shape index (κ2) is 6.14. The summed E-state index contributed by atoms with van der Waals surface area (Å²) in [4.78, 5) is 18.7. The number of nitrogens with one attached hydrogen (secondary N) is 2. The van der Waals surface area contributed by atoms with Crippen molar-refractivity contribution in [3.8, 4) is 0 Å². The zero-order chi connectivity index (χ0) is 19.2. The molecule has 142 valence electrons. The number of aryl methyl sites for hydroxylation is 1. The van der Waals surface area contributed by atoms with Gasteiger partial charge in [-0.3, -0.25) is 4.79 Å². The van der Waals surface area contributed by atoms with Crippen LogP contribution in [0.3, 0.4) is 0 Å². The minimum Gasteiger partial charge on any atom is -0.369 e. The van der Waals surface area contributed by atoms with E-state index in [0.717, 1.165) is 23.5 Å². The fraction of sp³-hybridized carbons (Fsp3) is 0.368. The summed E-state index contributed by atoms with van der Waals surface area (Å²) >= 11 is 0. The number of pyridine rings is 1. The Morgan fingerprint density at radius 2 is 1.78 bits per heavy atom. The minimum atomic E-state index is -4.41. The molecule has 3 heterocycles. The number of amides is 1. The standard InChI is InChI=1S/C19H19F3N4O/c1-12-10-13(19(20,21)22)11-16(23-12)26-8-6-18(7-9-26)17(27)24-14-4-2-3-5-15(14)25-18/h2-5,10-11,25H,6-9H2,1H3,(H,24,27). The molecule has 1 aromatic heterocycles. The molecule has 0 atom stereocenters. The molecule has 1 saturated heterocycles. The van der Waals surface area contributed by atoms with Crippen LogP contribution in [0, 0.1) is 6.92 Å². The lowest BCUT2D eigenvalue weighted by molar-refractivity contribution is -0.137. The molecular weight excluding hydrogens is 357 g/mol. The van der Waals surface area contributed by atoms with Gasteiger partial charge in [-0.05, 0) is 44.0 Å². The number of rotatable bonds is 1. The van der Waals surface area contributed by atoms with E-state index in [1.807, 2.05) is 29.2 Å². The number of fused-ring (bicyclic) bond motifs is 1. The Morgan fingerprint density at radius 3 is 2.44 bits per heavy atom. The molecule has 8 heteroatoms. The fourth-order valence-corrected chi connectivity index (χ4v) is 3.70. The Hall–Kier alpha value is -2.77. The number of para-hydroxylation sites is 2. The number of hydrogen-bond acceptors (Lipinski definition) is 4. The number of alkyl halides is 3. The van der Waals surface area contributed by atoms with E-state index in [1.54, 1.807) is 6.92 Å². The molecule has 1 fully saturated rings. The summed E-state index contributed by atoms with van der Waals surface area (Å²) in [5.41, 5.74) is 0.473. The fourth-order valence-electron chi connectivity index (χ4n) is 3.70. The van der Waals surface area contributed by atoms with Gasteiger partial charge in [-0.25, -0.2) is 4.98 Å². The largest absolute Gasteiger partial charge is 0.416 e. The number of piperidine rings is 1. The lowest BCUT2D eigenvalue weighted by atomic mass is 9.84. The number of halogens is 3. The molecule has 2 aliphatic heterocycles. The molecule has 2 aromatic rings. The third kappa shape index (κ3) is 3.20. The summed E-state index contributed by atoms with van der Waals surface area (Å²) < 4.78 is 39.3. The van der Waals surface area contributed by atoms with Crippen LogP contribution in [-0.2, 0) is 11.0 Å². The Bertz CT molecular complexity index is 889. The maximum Gasteiger partial charge on any atom is 0.416 e. The van der Waals surface area contributed by atoms with Gasteiger partial charge in [0.05, 0.1) is 16.9 Å². The van der Waals surface area contributed by atoms with Crippen LogP contribution in [0.4, 0.5) is 30.4 Å². The van der Waals surface area contributed by atoms with E-state index < -0.39 is 17.3 Å². The van der Waals surface area contributed by atoms with Gasteiger partial charge in [0.25, 0.3) is 0 Å². The predicted molar refractivity (Wildman–Crippen MR) is 96.8 cm³/mol. The number of nitrogens with zero attached hydrogens (tertiary/aromatic N) is 2. The number of anilines is 3. The van der Waals surface area contributed by atoms with Crippen LogP contribution in [0.1, 0.15) is 24.1 Å². The molecule has 2 aliphatic rings. The monoisotopic (exact) mass is 376 g/mol. The van der Waals surface area contributed by atoms with Crippen LogP contribution in [0.25, 0.3) is 0 Å². The third-order valence-electron chi connectivity index (χ3n) is 5.19. The van der Waals surface area contributed by atoms with E-state index >= 15 is 0 Å². The molecule has 0 unspecified atom stereocenters. The molecule has 27 heavy (non-hydrogen) atoms. The highest BCUT2D eigenvalue weighted by Crippen LogP contribution is 2.38. The smallest absolute Gasteiger partial charge is 0.369 e. The Morgan fingerprint density at radius 1 is 1.11 bits per heavy atom. The molecule has 0 aliphatic carbocycles. The van der Waals surface area contributed by atoms with E-state index in [1.165, 1.54) is 0 Å². The number of hydrogen-bond donors (Lipinski definition) is 2. The molecule has 0 radical (unpaired) electrons. The van der Waals surface area contributed by atoms with Crippen molar-refractivity contribution >= 4 is 23.1 Å². The summed E-state index contributed by atoms with van der Waals surface area (Å²) in [6.07, 6.45) is -3.46. The Balaban J connectivity index is 1.55. The highest BCUT2D eigenvalue weighted by molar-refractivity contribution is 6.06. The number of carbonyl (C=O) groups excluding carboxylic acids is 1. The van der Waals surface area contributed by atoms with Gasteiger partial charge in [0, 0.05) is 18.8 Å². The van der Waals surface area contributed by atoms with E-state index in [4.69, 9.17) is 0 Å². The lowest BCUT2D eigenvalue weighted by Crippen LogP contribution is -2.58. The van der Waals surface area contributed by atoms with Gasteiger partial charge < -0.3 is 15.5 Å². The summed E-state index contributed by atoms with van der Waals surface area (Å²) in [7, 11) is 0. The Kier molecular flexibility index (Phi) is 4.01. The van der Waals surface area contributed by atoms with Crippen molar-refractivity contribution in [2.24, 2.45) is 0 Å². The highest BCUT2D eigenvalue weighted by Gasteiger charge is 2.44. The van der Waals surface area contributed by atoms with E-state index in [9.17, 15) is 18.0 Å². The SMILES string of the molecule is Cc1cc(C(F)(F)F)cc(N2CCC3(CC2)Nc2ccccc2NC3=O)n1. The number of aromatic nitrogens is 1. The molecule has 1 amide bonds. The molecule has 1 spiro atoms. The van der Waals surface area contributed by atoms with Crippen molar-refractivity contribution in [2.75, 3.05) is 28.6 Å². The molecule has 4 rings (SSSR count). The third-order valence-corrected chi connectivity index (χ3v) is 5.19. The van der Waals surface area contributed by atoms with E-state index in [0.29, 0.717) is 37.4 Å². The maximum atomic E-state index is 13.1. The quantitative estimate of drug-likeness (QED) is 0.795. The summed E-state index contributed by atoms with van der Waals surface area (Å²) in [5.74, 6) is 0.197. The predicted octanol–water partition coefficient (Wildman–Crippen LogP) is 3.81. The molecule has 0 saturated carbocycles. The van der Waals surface area contributed by atoms with Gasteiger partial charge in [0.2, 0.25) is 5.91 Å². The first-order valence-corrected chi connectivity index (χ1v) is 8.76. The minimum absolute atomic E-state index is 0.103. The molecule has 0 bridgehead atoms. The van der Waals surface area contributed by atoms with Crippen LogP contribution >= 0.6 is 0 Å². The maximum absolute atomic E-state index is 13.1. The Labute approximate surface area is 154 Å². The van der Waals surface area contributed by atoms with Crippen LogP contribution in [-0.4, -0.2) is 29.5 Å². The van der Waals surface area contributed by atoms with Crippen LogP contribution in [0.5, 0.6) is 0 Å². The van der Waals surface area contributed by atoms with Crippen LogP contribution in [0.15, 0.2) is 36.4 Å². The van der Waals surface area contributed by atoms with E-state index in [-0.39, 0.29) is 5.91 Å². The second-order valence-electron chi connectivity index (χ2n) is 7.05. The highest BCUT2D eigenvalue weighted by atomic mass is 19.4. The van der Waals surface area contributed by atoms with Gasteiger partial charge in [-0.15, -0.1) is 0 Å². The normalized spacial score (nSPS) is 18.7. The first kappa shape index (κ1) is 17.6. The van der Waals surface area contributed by atoms with Gasteiger partial charge in [0.15, 0.2) is 0 Å². The summed E-state index contributed by atoms with van der Waals surface area (Å²) in [6, 6.07) is 9.60. The van der Waals surface area contributed by atoms with Gasteiger partial charge in [-0.1, -0.05) is 12.1 Å². The first-order valence-electron chi connectivity index (χ1n) is 8.76. The van der Waals surface area contributed by atoms with Crippen LogP contribution in [0.2, 0.25) is 0 Å². The van der Waals surface area contributed by atoms with Crippen molar-refractivity contribution in [2.45, 2.75) is 31.5 Å². The zero-order valence-electron chi connectivity index (χ0n) is 14.7. The van der Waals surface area contributed by atoms with Crippen molar-refractivity contribution in [1.29, 1.82) is 0 Å². The second-order valence-corrected chi connectivity index (χ2v) is 7.05. The summed E-state index contributed by atoms with van der Waals surface area (Å²) in [6.45, 7) is 2.43. The van der Waals surface area contributed by atoms with Crippen LogP contribution < -0.4 is 15.5 Å². The van der Waals surface area contributed by atoms with Gasteiger partial charge >= 0.3 is 6.18 Å². The summed E-state index contributed by atoms with van der Waals surface area (Å²) in [5, 5.41) is 6.27. The molecular formula is C19H19F3N4O. The zero-order valence-corrected chi connectivity index (χ0v) is 14.7. The van der Waals surface area contributed by atoms with Gasteiger partial charge in [-0.2, -0.15) is 13.2 Å². The number of carbonyl (C=O) groups is 1. The molecule has 1 aromatic carbocycles. The molecule has 2 N–H and O–H groups in total. The molecule has 5 nitrogen and oxygen atoms in total. The average molecular weight is 376 g/mol. The number of benzene rings is 1. The van der Waals surface area contributed by atoms with Gasteiger partial charge in [0.1, 0.15) is 11.4 Å². The topological polar surface area (TPSA) is 57.3 Å². The van der Waals surface area contributed by atoms with Crippen molar-refractivity contribution in [3.05, 3.63) is 47.7 Å².